The van der Waals surface area contributed by atoms with E-state index in [0.29, 0.717) is 5.56 Å². The second kappa shape index (κ2) is 5.88. The van der Waals surface area contributed by atoms with Gasteiger partial charge in [0.2, 0.25) is 0 Å². The number of nitrogens with zero attached hydrogens (tertiary/aromatic N) is 2. The van der Waals surface area contributed by atoms with Crippen LogP contribution in [0.2, 0.25) is 0 Å². The zero-order chi connectivity index (χ0) is 16.6. The minimum Gasteiger partial charge on any atom is -0.322 e. The fourth-order valence-corrected chi connectivity index (χ4v) is 2.76. The maximum atomic E-state index is 12.6. The number of hydrogen-bond donors (Lipinski definition) is 1. The van der Waals surface area contributed by atoms with Crippen LogP contribution in [0.25, 0.3) is 5.65 Å². The van der Waals surface area contributed by atoms with Gasteiger partial charge >= 0.3 is 0 Å². The third-order valence-corrected chi connectivity index (χ3v) is 4.41. The fourth-order valence-electron chi connectivity index (χ4n) is 2.76. The highest BCUT2D eigenvalue weighted by Crippen LogP contribution is 2.19. The summed E-state index contributed by atoms with van der Waals surface area (Å²) >= 11 is 0. The molecule has 0 saturated heterocycles. The molecule has 0 aliphatic heterocycles. The quantitative estimate of drug-likeness (QED) is 0.792. The molecule has 0 radical (unpaired) electrons. The molecule has 2 heterocycles. The minimum absolute atomic E-state index is 0.105. The van der Waals surface area contributed by atoms with E-state index in [1.807, 2.05) is 61.7 Å². The van der Waals surface area contributed by atoms with Gasteiger partial charge in [0.25, 0.3) is 5.91 Å². The van der Waals surface area contributed by atoms with Crippen LogP contribution in [-0.4, -0.2) is 15.3 Å². The predicted molar refractivity (Wildman–Crippen MR) is 93.2 cm³/mol. The second-order valence-corrected chi connectivity index (χ2v) is 5.85. The monoisotopic (exact) mass is 307 g/mol. The highest BCUT2D eigenvalue weighted by atomic mass is 16.1. The van der Waals surface area contributed by atoms with Gasteiger partial charge in [0, 0.05) is 17.6 Å². The van der Waals surface area contributed by atoms with Crippen molar-refractivity contribution >= 4 is 17.2 Å². The van der Waals surface area contributed by atoms with Crippen LogP contribution in [0.1, 0.15) is 39.8 Å². The number of benzene rings is 1. The van der Waals surface area contributed by atoms with Gasteiger partial charge in [0.15, 0.2) is 0 Å². The number of aromatic nitrogens is 2. The van der Waals surface area contributed by atoms with E-state index in [2.05, 4.69) is 17.2 Å². The van der Waals surface area contributed by atoms with Crippen LogP contribution in [0.5, 0.6) is 0 Å². The van der Waals surface area contributed by atoms with Gasteiger partial charge in [0.1, 0.15) is 5.65 Å². The van der Waals surface area contributed by atoms with E-state index in [9.17, 15) is 4.79 Å². The Labute approximate surface area is 136 Å². The molecule has 0 atom stereocenters. The minimum atomic E-state index is -0.105. The highest BCUT2D eigenvalue weighted by Gasteiger charge is 2.12. The van der Waals surface area contributed by atoms with Crippen molar-refractivity contribution in [3.05, 3.63) is 64.6 Å². The number of rotatable bonds is 3. The Hall–Kier alpha value is -2.62. The SMILES string of the molecule is CCc1nc2ccc(C(=O)Nc3cccc(C)c3C)cn2c1C. The lowest BCUT2D eigenvalue weighted by atomic mass is 10.1. The number of imidazole rings is 1. The first-order valence-electron chi connectivity index (χ1n) is 7.86. The predicted octanol–water partition coefficient (Wildman–Crippen LogP) is 4.07. The number of carbonyl (C=O) groups excluding carboxylic acids is 1. The summed E-state index contributed by atoms with van der Waals surface area (Å²) in [6, 6.07) is 9.63. The van der Waals surface area contributed by atoms with Gasteiger partial charge in [-0.15, -0.1) is 0 Å². The van der Waals surface area contributed by atoms with Crippen molar-refractivity contribution in [3.8, 4) is 0 Å². The first kappa shape index (κ1) is 15.3. The van der Waals surface area contributed by atoms with Crippen LogP contribution in [0.3, 0.4) is 0 Å². The van der Waals surface area contributed by atoms with Crippen LogP contribution in [0, 0.1) is 20.8 Å². The number of hydrogen-bond acceptors (Lipinski definition) is 2. The molecule has 23 heavy (non-hydrogen) atoms. The molecule has 0 saturated carbocycles. The van der Waals surface area contributed by atoms with Gasteiger partial charge in [-0.05, 0) is 56.5 Å². The maximum absolute atomic E-state index is 12.6. The lowest BCUT2D eigenvalue weighted by Gasteiger charge is -2.10. The van der Waals surface area contributed by atoms with E-state index in [1.165, 1.54) is 0 Å². The largest absolute Gasteiger partial charge is 0.322 e. The topological polar surface area (TPSA) is 46.4 Å². The van der Waals surface area contributed by atoms with E-state index >= 15 is 0 Å². The normalized spacial score (nSPS) is 11.0. The van der Waals surface area contributed by atoms with Crippen LogP contribution in [0.15, 0.2) is 36.5 Å². The summed E-state index contributed by atoms with van der Waals surface area (Å²) < 4.78 is 1.98. The molecule has 0 aliphatic carbocycles. The van der Waals surface area contributed by atoms with Crippen molar-refractivity contribution in [2.24, 2.45) is 0 Å². The molecule has 0 aliphatic rings. The summed E-state index contributed by atoms with van der Waals surface area (Å²) in [6.07, 6.45) is 2.74. The van der Waals surface area contributed by atoms with Gasteiger partial charge in [0.05, 0.1) is 11.3 Å². The van der Waals surface area contributed by atoms with E-state index < -0.39 is 0 Å². The second-order valence-electron chi connectivity index (χ2n) is 5.85. The number of anilines is 1. The zero-order valence-corrected chi connectivity index (χ0v) is 14.0. The van der Waals surface area contributed by atoms with Gasteiger partial charge in [-0.3, -0.25) is 4.79 Å². The van der Waals surface area contributed by atoms with Crippen LogP contribution in [-0.2, 0) is 6.42 Å². The Balaban J connectivity index is 1.94. The molecule has 0 spiro atoms. The first-order chi connectivity index (χ1) is 11.0. The Kier molecular flexibility index (Phi) is 3.90. The van der Waals surface area contributed by atoms with Crippen LogP contribution >= 0.6 is 0 Å². The summed E-state index contributed by atoms with van der Waals surface area (Å²) in [4.78, 5) is 17.1. The van der Waals surface area contributed by atoms with Crippen molar-refractivity contribution in [1.29, 1.82) is 0 Å². The first-order valence-corrected chi connectivity index (χ1v) is 7.86. The number of nitrogens with one attached hydrogen (secondary N) is 1. The van der Waals surface area contributed by atoms with Crippen molar-refractivity contribution in [3.63, 3.8) is 0 Å². The third kappa shape index (κ3) is 2.72. The molecule has 0 bridgehead atoms. The lowest BCUT2D eigenvalue weighted by molar-refractivity contribution is 0.102. The maximum Gasteiger partial charge on any atom is 0.257 e. The van der Waals surface area contributed by atoms with Gasteiger partial charge in [-0.25, -0.2) is 4.98 Å². The fraction of sp³-hybridized carbons (Fsp3) is 0.263. The van der Waals surface area contributed by atoms with E-state index in [1.54, 1.807) is 0 Å². The number of amides is 1. The molecule has 4 heteroatoms. The summed E-state index contributed by atoms with van der Waals surface area (Å²) in [5, 5.41) is 3.00. The summed E-state index contributed by atoms with van der Waals surface area (Å²) in [5.74, 6) is -0.105. The molecule has 1 aromatic carbocycles. The molecular formula is C19H21N3O. The van der Waals surface area contributed by atoms with Crippen LogP contribution < -0.4 is 5.32 Å². The van der Waals surface area contributed by atoms with Gasteiger partial charge in [-0.1, -0.05) is 19.1 Å². The average Bonchev–Trinajstić information content (AvgIpc) is 2.87. The van der Waals surface area contributed by atoms with Gasteiger partial charge in [-0.2, -0.15) is 0 Å². The van der Waals surface area contributed by atoms with E-state index in [0.717, 1.165) is 40.3 Å². The third-order valence-electron chi connectivity index (χ3n) is 4.41. The molecular weight excluding hydrogens is 286 g/mol. The zero-order valence-electron chi connectivity index (χ0n) is 14.0. The number of aryl methyl sites for hydroxylation is 3. The molecule has 0 unspecified atom stereocenters. The van der Waals surface area contributed by atoms with Crippen molar-refractivity contribution < 1.29 is 4.79 Å². The Morgan fingerprint density at radius 2 is 1.96 bits per heavy atom. The van der Waals surface area contributed by atoms with E-state index in [-0.39, 0.29) is 5.91 Å². The molecule has 0 fully saturated rings. The molecule has 2 aromatic heterocycles. The lowest BCUT2D eigenvalue weighted by Crippen LogP contribution is -2.13. The highest BCUT2D eigenvalue weighted by molar-refractivity contribution is 6.04. The summed E-state index contributed by atoms with van der Waals surface area (Å²) in [7, 11) is 0. The number of fused-ring (bicyclic) bond motifs is 1. The Morgan fingerprint density at radius 3 is 2.70 bits per heavy atom. The Morgan fingerprint density at radius 1 is 1.17 bits per heavy atom. The molecule has 4 nitrogen and oxygen atoms in total. The van der Waals surface area contributed by atoms with Crippen molar-refractivity contribution in [2.45, 2.75) is 34.1 Å². The molecule has 1 N–H and O–H groups in total. The number of pyridine rings is 1. The van der Waals surface area contributed by atoms with Crippen molar-refractivity contribution in [1.82, 2.24) is 9.38 Å². The van der Waals surface area contributed by atoms with Crippen molar-refractivity contribution in [2.75, 3.05) is 5.32 Å². The molecule has 1 amide bonds. The summed E-state index contributed by atoms with van der Waals surface area (Å²) in [6.45, 7) is 8.17. The average molecular weight is 307 g/mol. The summed E-state index contributed by atoms with van der Waals surface area (Å²) in [5.41, 5.74) is 6.77. The van der Waals surface area contributed by atoms with Gasteiger partial charge < -0.3 is 9.72 Å². The molecule has 3 aromatic rings. The number of carbonyl (C=O) groups is 1. The molecule has 118 valence electrons. The molecule has 3 rings (SSSR count). The van der Waals surface area contributed by atoms with E-state index in [4.69, 9.17) is 0 Å². The van der Waals surface area contributed by atoms with Crippen LogP contribution in [0.4, 0.5) is 5.69 Å². The Bertz CT molecular complexity index is 893. The standard InChI is InChI=1S/C19H21N3O/c1-5-16-14(4)22-11-15(9-10-18(22)20-16)19(23)21-17-8-6-7-12(2)13(17)3/h6-11H,5H2,1-4H3,(H,21,23). The smallest absolute Gasteiger partial charge is 0.257 e.